The van der Waals surface area contributed by atoms with Crippen molar-refractivity contribution in [2.24, 2.45) is 5.84 Å². The molecule has 0 saturated heterocycles. The molecule has 0 saturated carbocycles. The summed E-state index contributed by atoms with van der Waals surface area (Å²) < 4.78 is 6.03. The number of fused-ring (bicyclic) bond motifs is 1. The Morgan fingerprint density at radius 3 is 1.97 bits per heavy atom. The zero-order chi connectivity index (χ0) is 24.7. The molecule has 6 heteroatoms. The van der Waals surface area contributed by atoms with Gasteiger partial charge < -0.3 is 9.64 Å². The van der Waals surface area contributed by atoms with Crippen LogP contribution in [0.15, 0.2) is 66.7 Å². The molecule has 0 radical (unpaired) electrons. The van der Waals surface area contributed by atoms with Crippen LogP contribution >= 0.6 is 0 Å². The van der Waals surface area contributed by atoms with Crippen molar-refractivity contribution in [1.29, 1.82) is 0 Å². The number of carbonyl (C=O) groups is 2. The number of nitrogen functional groups attached to an aromatic ring is 1. The number of nitrogens with one attached hydrogen (secondary N) is 1. The number of hydrazine groups is 1. The minimum atomic E-state index is -0.556. The zero-order valence-electron chi connectivity index (χ0n) is 20.3. The minimum absolute atomic E-state index is 0.0565. The zero-order valence-corrected chi connectivity index (χ0v) is 20.3. The Labute approximate surface area is 200 Å². The van der Waals surface area contributed by atoms with Crippen molar-refractivity contribution in [2.75, 3.05) is 0 Å². The summed E-state index contributed by atoms with van der Waals surface area (Å²) in [6, 6.07) is 21.0. The Hall–Kier alpha value is -3.64. The number of nitrogens with two attached hydrogens (primary N) is 1. The summed E-state index contributed by atoms with van der Waals surface area (Å²) in [6.07, 6.45) is 0. The van der Waals surface area contributed by atoms with Gasteiger partial charge in [0.1, 0.15) is 11.5 Å². The normalized spacial score (nSPS) is 13.6. The Bertz CT molecular complexity index is 1220. The van der Waals surface area contributed by atoms with Crippen molar-refractivity contribution in [1.82, 2.24) is 10.3 Å². The highest BCUT2D eigenvalue weighted by atomic mass is 16.5. The first kappa shape index (κ1) is 23.5. The summed E-state index contributed by atoms with van der Waals surface area (Å²) in [6.45, 7) is 11.0. The van der Waals surface area contributed by atoms with Crippen LogP contribution in [-0.2, 0) is 17.5 Å². The number of hydrogen-bond donors (Lipinski definition) is 2. The van der Waals surface area contributed by atoms with Crippen LogP contribution in [0.4, 0.5) is 0 Å². The van der Waals surface area contributed by atoms with E-state index in [0.717, 1.165) is 22.6 Å². The van der Waals surface area contributed by atoms with E-state index in [1.165, 1.54) is 5.56 Å². The monoisotopic (exact) mass is 457 g/mol. The lowest BCUT2D eigenvalue weighted by atomic mass is 9.87. The summed E-state index contributed by atoms with van der Waals surface area (Å²) in [5.74, 6) is 6.32. The van der Waals surface area contributed by atoms with Crippen LogP contribution < -0.4 is 16.0 Å². The number of hydrogen-bond acceptors (Lipinski definition) is 4. The Kier molecular flexibility index (Phi) is 5.96. The molecule has 0 atom stereocenters. The maximum atomic E-state index is 13.1. The number of benzene rings is 3. The van der Waals surface area contributed by atoms with Gasteiger partial charge in [0.25, 0.3) is 11.8 Å². The topological polar surface area (TPSA) is 84.7 Å². The average molecular weight is 458 g/mol. The number of amides is 2. The predicted octanol–water partition coefficient (Wildman–Crippen LogP) is 5.27. The first-order chi connectivity index (χ1) is 16.0. The first-order valence-corrected chi connectivity index (χ1v) is 11.4. The van der Waals surface area contributed by atoms with Gasteiger partial charge in [-0.1, -0.05) is 45.0 Å². The fourth-order valence-corrected chi connectivity index (χ4v) is 4.24. The fourth-order valence-electron chi connectivity index (χ4n) is 4.24. The van der Waals surface area contributed by atoms with Gasteiger partial charge in [-0.3, -0.25) is 15.0 Å². The van der Waals surface area contributed by atoms with Crippen molar-refractivity contribution in [3.63, 3.8) is 0 Å². The third kappa shape index (κ3) is 4.41. The van der Waals surface area contributed by atoms with Crippen molar-refractivity contribution in [3.05, 3.63) is 94.5 Å². The quantitative estimate of drug-likeness (QED) is 0.310. The fraction of sp³-hybridized carbons (Fsp3) is 0.286. The van der Waals surface area contributed by atoms with Gasteiger partial charge in [0.15, 0.2) is 0 Å². The molecule has 1 aliphatic heterocycles. The lowest BCUT2D eigenvalue weighted by Crippen LogP contribution is -2.41. The van der Waals surface area contributed by atoms with Crippen molar-refractivity contribution in [2.45, 2.75) is 52.1 Å². The van der Waals surface area contributed by atoms with Crippen LogP contribution in [0, 0.1) is 0 Å². The Morgan fingerprint density at radius 2 is 1.44 bits per heavy atom. The molecule has 0 aromatic heterocycles. The van der Waals surface area contributed by atoms with Crippen LogP contribution in [0.25, 0.3) is 0 Å². The van der Waals surface area contributed by atoms with E-state index >= 15 is 0 Å². The standard InChI is InChI=1S/C28H31N3O3/c1-27(2,3)20-7-11-22(12-8-20)34-23-13-9-21(10-14-23)28(4,5)31-17-19-16-18(25(32)30-29)6-15-24(19)26(31)33/h6-16H,17,29H2,1-5H3,(H,30,32). The minimum Gasteiger partial charge on any atom is -0.457 e. The van der Waals surface area contributed by atoms with Crippen LogP contribution in [-0.4, -0.2) is 16.7 Å². The second kappa shape index (κ2) is 8.61. The third-order valence-corrected chi connectivity index (χ3v) is 6.49. The van der Waals surface area contributed by atoms with Gasteiger partial charge in [-0.2, -0.15) is 0 Å². The molecule has 0 unspecified atom stereocenters. The molecule has 3 aromatic carbocycles. The van der Waals surface area contributed by atoms with E-state index in [1.807, 2.05) is 55.1 Å². The molecular weight excluding hydrogens is 426 g/mol. The summed E-state index contributed by atoms with van der Waals surface area (Å²) in [5, 5.41) is 0. The highest BCUT2D eigenvalue weighted by Crippen LogP contribution is 2.37. The molecule has 0 aliphatic carbocycles. The molecule has 3 N–H and O–H groups in total. The van der Waals surface area contributed by atoms with Gasteiger partial charge in [0.2, 0.25) is 0 Å². The lowest BCUT2D eigenvalue weighted by Gasteiger charge is -2.36. The van der Waals surface area contributed by atoms with E-state index in [1.54, 1.807) is 18.2 Å². The van der Waals surface area contributed by atoms with Crippen LogP contribution in [0.2, 0.25) is 0 Å². The number of nitrogens with zero attached hydrogens (tertiary/aromatic N) is 1. The van der Waals surface area contributed by atoms with Crippen molar-refractivity contribution >= 4 is 11.8 Å². The number of ether oxygens (including phenoxy) is 1. The van der Waals surface area contributed by atoms with E-state index in [0.29, 0.717) is 17.7 Å². The molecule has 6 nitrogen and oxygen atoms in total. The Morgan fingerprint density at radius 1 is 0.882 bits per heavy atom. The molecule has 2 amide bonds. The molecule has 0 bridgehead atoms. The smallest absolute Gasteiger partial charge is 0.265 e. The van der Waals surface area contributed by atoms with Gasteiger partial charge in [-0.05, 0) is 78.4 Å². The van der Waals surface area contributed by atoms with Gasteiger partial charge in [0, 0.05) is 17.7 Å². The molecule has 1 heterocycles. The van der Waals surface area contributed by atoms with E-state index in [4.69, 9.17) is 10.6 Å². The lowest BCUT2D eigenvalue weighted by molar-refractivity contribution is 0.0568. The van der Waals surface area contributed by atoms with Gasteiger partial charge in [-0.25, -0.2) is 5.84 Å². The van der Waals surface area contributed by atoms with Crippen LogP contribution in [0.5, 0.6) is 11.5 Å². The third-order valence-electron chi connectivity index (χ3n) is 6.49. The summed E-state index contributed by atoms with van der Waals surface area (Å²) in [5.41, 5.74) is 5.78. The highest BCUT2D eigenvalue weighted by molar-refractivity contribution is 6.01. The molecule has 34 heavy (non-hydrogen) atoms. The molecule has 1 aliphatic rings. The second-order valence-corrected chi connectivity index (χ2v) is 10.2. The van der Waals surface area contributed by atoms with Gasteiger partial charge in [-0.15, -0.1) is 0 Å². The van der Waals surface area contributed by atoms with Gasteiger partial charge in [0.05, 0.1) is 5.54 Å². The molecule has 176 valence electrons. The molecule has 4 rings (SSSR count). The van der Waals surface area contributed by atoms with Crippen LogP contribution in [0.1, 0.15) is 72.0 Å². The van der Waals surface area contributed by atoms with E-state index in [-0.39, 0.29) is 17.2 Å². The maximum absolute atomic E-state index is 13.1. The van der Waals surface area contributed by atoms with E-state index in [9.17, 15) is 9.59 Å². The van der Waals surface area contributed by atoms with Gasteiger partial charge >= 0.3 is 0 Å². The summed E-state index contributed by atoms with van der Waals surface area (Å²) in [7, 11) is 0. The molecule has 0 spiro atoms. The maximum Gasteiger partial charge on any atom is 0.265 e. The predicted molar refractivity (Wildman–Crippen MR) is 133 cm³/mol. The first-order valence-electron chi connectivity index (χ1n) is 11.4. The van der Waals surface area contributed by atoms with Crippen LogP contribution in [0.3, 0.4) is 0 Å². The second-order valence-electron chi connectivity index (χ2n) is 10.2. The summed E-state index contributed by atoms with van der Waals surface area (Å²) in [4.78, 5) is 26.8. The van der Waals surface area contributed by atoms with Crippen molar-refractivity contribution in [3.8, 4) is 11.5 Å². The number of carbonyl (C=O) groups excluding carboxylic acids is 2. The highest BCUT2D eigenvalue weighted by Gasteiger charge is 2.38. The molecular formula is C28H31N3O3. The number of rotatable bonds is 5. The van der Waals surface area contributed by atoms with Crippen molar-refractivity contribution < 1.29 is 14.3 Å². The molecule has 3 aromatic rings. The average Bonchev–Trinajstić information content (AvgIpc) is 3.15. The van der Waals surface area contributed by atoms with E-state index < -0.39 is 5.54 Å². The Balaban J connectivity index is 1.50. The van der Waals surface area contributed by atoms with E-state index in [2.05, 4.69) is 38.3 Å². The largest absolute Gasteiger partial charge is 0.457 e. The SMILES string of the molecule is CC(C)(C)c1ccc(Oc2ccc(C(C)(C)N3Cc4cc(C(=O)NN)ccc4C3=O)cc2)cc1. The molecule has 0 fully saturated rings. The summed E-state index contributed by atoms with van der Waals surface area (Å²) >= 11 is 0.